The van der Waals surface area contributed by atoms with Gasteiger partial charge in [-0.25, -0.2) is 0 Å². The first kappa shape index (κ1) is 17.4. The smallest absolute Gasteiger partial charge is 0.100 e. The molecule has 0 saturated carbocycles. The van der Waals surface area contributed by atoms with Crippen LogP contribution in [0.5, 0.6) is 0 Å². The third-order valence-electron chi connectivity index (χ3n) is 4.35. The van der Waals surface area contributed by atoms with Gasteiger partial charge in [-0.1, -0.05) is 65.1 Å². The molecule has 0 amide bonds. The number of rotatable bonds is 3. The van der Waals surface area contributed by atoms with Gasteiger partial charge in [-0.15, -0.1) is 0 Å². The van der Waals surface area contributed by atoms with E-state index in [2.05, 4.69) is 25.1 Å². The van der Waals surface area contributed by atoms with Crippen molar-refractivity contribution in [3.05, 3.63) is 86.9 Å². The molecule has 0 aliphatic carbocycles. The van der Waals surface area contributed by atoms with Gasteiger partial charge in [-0.05, 0) is 48.4 Å². The lowest BCUT2D eigenvalue weighted by Gasteiger charge is -2.04. The van der Waals surface area contributed by atoms with Gasteiger partial charge in [0.15, 0.2) is 0 Å². The Balaban J connectivity index is 1.86. The van der Waals surface area contributed by atoms with Crippen LogP contribution >= 0.6 is 34.8 Å². The molecule has 5 heteroatoms. The van der Waals surface area contributed by atoms with Crippen molar-refractivity contribution in [3.8, 4) is 11.3 Å². The summed E-state index contributed by atoms with van der Waals surface area (Å²) in [4.78, 5) is 0. The van der Waals surface area contributed by atoms with Gasteiger partial charge < -0.3 is 0 Å². The van der Waals surface area contributed by atoms with Crippen LogP contribution < -0.4 is 0 Å². The second-order valence-corrected chi connectivity index (χ2v) is 7.53. The lowest BCUT2D eigenvalue weighted by atomic mass is 10.1. The molecule has 2 nitrogen and oxygen atoms in total. The maximum atomic E-state index is 6.21. The van der Waals surface area contributed by atoms with E-state index >= 15 is 0 Å². The van der Waals surface area contributed by atoms with Crippen LogP contribution in [-0.2, 0) is 6.54 Å². The Morgan fingerprint density at radius 2 is 1.62 bits per heavy atom. The number of nitrogens with zero attached hydrogens (tertiary/aromatic N) is 2. The Morgan fingerprint density at radius 1 is 0.846 bits per heavy atom. The van der Waals surface area contributed by atoms with Gasteiger partial charge in [0, 0.05) is 16.0 Å². The molecule has 0 saturated heterocycles. The van der Waals surface area contributed by atoms with Gasteiger partial charge >= 0.3 is 0 Å². The number of halogens is 3. The number of aromatic nitrogens is 2. The summed E-state index contributed by atoms with van der Waals surface area (Å²) in [5.74, 6) is 0. The zero-order valence-corrected chi connectivity index (χ0v) is 16.3. The van der Waals surface area contributed by atoms with Crippen LogP contribution in [-0.4, -0.2) is 9.78 Å². The first-order valence-electron chi connectivity index (χ1n) is 8.18. The number of hydrogen-bond donors (Lipinski definition) is 0. The number of hydrogen-bond acceptors (Lipinski definition) is 1. The van der Waals surface area contributed by atoms with Crippen molar-refractivity contribution in [1.82, 2.24) is 9.78 Å². The second-order valence-electron chi connectivity index (χ2n) is 6.28. The standard InChI is InChI=1S/C21H15Cl3N2/c1-13-2-8-17-20(10-13)26(12-14-3-6-16(22)7-4-14)25-21(17)15-5-9-18(23)19(24)11-15/h2-11H,12H2,1H3. The third kappa shape index (κ3) is 3.33. The van der Waals surface area contributed by atoms with Crippen molar-refractivity contribution in [2.45, 2.75) is 13.5 Å². The summed E-state index contributed by atoms with van der Waals surface area (Å²) in [6.07, 6.45) is 0. The fourth-order valence-corrected chi connectivity index (χ4v) is 3.45. The quantitative estimate of drug-likeness (QED) is 0.360. The number of fused-ring (bicyclic) bond motifs is 1. The Morgan fingerprint density at radius 3 is 2.35 bits per heavy atom. The second kappa shape index (κ2) is 6.96. The maximum absolute atomic E-state index is 6.21. The summed E-state index contributed by atoms with van der Waals surface area (Å²) in [5, 5.41) is 7.75. The highest BCUT2D eigenvalue weighted by molar-refractivity contribution is 6.42. The summed E-state index contributed by atoms with van der Waals surface area (Å²) in [7, 11) is 0. The van der Waals surface area contributed by atoms with E-state index in [1.807, 2.05) is 41.1 Å². The fourth-order valence-electron chi connectivity index (χ4n) is 3.02. The fraction of sp³-hybridized carbons (Fsp3) is 0.0952. The van der Waals surface area contributed by atoms with Crippen molar-refractivity contribution >= 4 is 45.7 Å². The van der Waals surface area contributed by atoms with Gasteiger partial charge in [0.2, 0.25) is 0 Å². The van der Waals surface area contributed by atoms with Crippen LogP contribution in [0.2, 0.25) is 15.1 Å². The average Bonchev–Trinajstić information content (AvgIpc) is 2.97. The third-order valence-corrected chi connectivity index (χ3v) is 5.34. The predicted octanol–water partition coefficient (Wildman–Crippen LogP) is 7.02. The lowest BCUT2D eigenvalue weighted by molar-refractivity contribution is 0.715. The van der Waals surface area contributed by atoms with Gasteiger partial charge in [0.1, 0.15) is 5.69 Å². The van der Waals surface area contributed by atoms with Crippen molar-refractivity contribution in [2.24, 2.45) is 0 Å². The van der Waals surface area contributed by atoms with E-state index in [9.17, 15) is 0 Å². The topological polar surface area (TPSA) is 17.8 Å². The van der Waals surface area contributed by atoms with Crippen molar-refractivity contribution in [2.75, 3.05) is 0 Å². The van der Waals surface area contributed by atoms with E-state index in [0.29, 0.717) is 16.6 Å². The molecule has 4 rings (SSSR count). The zero-order chi connectivity index (χ0) is 18.3. The van der Waals surface area contributed by atoms with Gasteiger partial charge in [0.05, 0.1) is 22.1 Å². The summed E-state index contributed by atoms with van der Waals surface area (Å²) in [5.41, 5.74) is 5.26. The molecular formula is C21H15Cl3N2. The van der Waals surface area contributed by atoms with Crippen LogP contribution in [0.1, 0.15) is 11.1 Å². The van der Waals surface area contributed by atoms with Crippen molar-refractivity contribution < 1.29 is 0 Å². The predicted molar refractivity (Wildman–Crippen MR) is 110 cm³/mol. The van der Waals surface area contributed by atoms with E-state index in [0.717, 1.165) is 32.7 Å². The lowest BCUT2D eigenvalue weighted by Crippen LogP contribution is -2.01. The highest BCUT2D eigenvalue weighted by Gasteiger charge is 2.14. The first-order valence-corrected chi connectivity index (χ1v) is 9.32. The first-order chi connectivity index (χ1) is 12.5. The van der Waals surface area contributed by atoms with E-state index in [4.69, 9.17) is 39.9 Å². The largest absolute Gasteiger partial charge is 0.260 e. The van der Waals surface area contributed by atoms with Crippen molar-refractivity contribution in [3.63, 3.8) is 0 Å². The van der Waals surface area contributed by atoms with Crippen LogP contribution in [0.25, 0.3) is 22.2 Å². The Labute approximate surface area is 166 Å². The van der Waals surface area contributed by atoms with Crippen LogP contribution in [0, 0.1) is 6.92 Å². The van der Waals surface area contributed by atoms with E-state index in [-0.39, 0.29) is 0 Å². The minimum Gasteiger partial charge on any atom is -0.260 e. The van der Waals surface area contributed by atoms with E-state index < -0.39 is 0 Å². The minimum atomic E-state index is 0.525. The molecule has 1 aromatic heterocycles. The van der Waals surface area contributed by atoms with Gasteiger partial charge in [-0.2, -0.15) is 5.10 Å². The number of aryl methyl sites for hydroxylation is 1. The summed E-state index contributed by atoms with van der Waals surface area (Å²) in [6.45, 7) is 2.75. The van der Waals surface area contributed by atoms with Crippen LogP contribution in [0.4, 0.5) is 0 Å². The van der Waals surface area contributed by atoms with Crippen LogP contribution in [0.3, 0.4) is 0 Å². The normalized spacial score (nSPS) is 11.2. The molecular weight excluding hydrogens is 387 g/mol. The zero-order valence-electron chi connectivity index (χ0n) is 14.0. The highest BCUT2D eigenvalue weighted by atomic mass is 35.5. The molecule has 0 radical (unpaired) electrons. The highest BCUT2D eigenvalue weighted by Crippen LogP contribution is 2.33. The Kier molecular flexibility index (Phi) is 4.66. The summed E-state index contributed by atoms with van der Waals surface area (Å²) in [6, 6.07) is 19.8. The minimum absolute atomic E-state index is 0.525. The molecule has 0 aliphatic rings. The molecule has 0 aliphatic heterocycles. The Hall–Kier alpha value is -2.00. The number of benzene rings is 3. The monoisotopic (exact) mass is 400 g/mol. The van der Waals surface area contributed by atoms with E-state index in [1.165, 1.54) is 5.56 Å². The molecule has 1 heterocycles. The van der Waals surface area contributed by atoms with Crippen molar-refractivity contribution in [1.29, 1.82) is 0 Å². The summed E-state index contributed by atoms with van der Waals surface area (Å²) >= 11 is 18.3. The SMILES string of the molecule is Cc1ccc2c(-c3ccc(Cl)c(Cl)c3)nn(Cc3ccc(Cl)cc3)c2c1. The molecule has 130 valence electrons. The van der Waals surface area contributed by atoms with Crippen LogP contribution in [0.15, 0.2) is 60.7 Å². The van der Waals surface area contributed by atoms with Gasteiger partial charge in [0.25, 0.3) is 0 Å². The van der Waals surface area contributed by atoms with E-state index in [1.54, 1.807) is 6.07 Å². The average molecular weight is 402 g/mol. The molecule has 0 bridgehead atoms. The molecule has 4 aromatic rings. The molecule has 0 atom stereocenters. The Bertz CT molecular complexity index is 1100. The molecule has 26 heavy (non-hydrogen) atoms. The molecule has 3 aromatic carbocycles. The molecule has 0 unspecified atom stereocenters. The molecule has 0 fully saturated rings. The molecule has 0 N–H and O–H groups in total. The maximum Gasteiger partial charge on any atom is 0.100 e. The van der Waals surface area contributed by atoms with Gasteiger partial charge in [-0.3, -0.25) is 4.68 Å². The summed E-state index contributed by atoms with van der Waals surface area (Å²) < 4.78 is 2.02. The molecule has 0 spiro atoms.